The lowest BCUT2D eigenvalue weighted by Gasteiger charge is -2.08. The van der Waals surface area contributed by atoms with Crippen molar-refractivity contribution >= 4 is 28.2 Å². The minimum atomic E-state index is -1.30. The number of aryl methyl sites for hydroxylation is 1. The van der Waals surface area contributed by atoms with Crippen molar-refractivity contribution in [2.24, 2.45) is 0 Å². The molecule has 4 aromatic rings. The van der Waals surface area contributed by atoms with Gasteiger partial charge < -0.3 is 9.84 Å². The number of hydrogen-bond donors (Lipinski definition) is 2. The van der Waals surface area contributed by atoms with E-state index in [0.717, 1.165) is 45.6 Å². The van der Waals surface area contributed by atoms with Gasteiger partial charge in [0.2, 0.25) is 0 Å². The molecule has 0 amide bonds. The standard InChI is InChI=1S/C21H18FN3O3S/c1-3-4-13-16(28-2)8-7-14-18(13)24-25-19(14)17-10-23-20(29-17)11-5-6-12(21(26)27)15(22)9-11/h5-10H,3-4H2,1-2H3,(H,24,25)(H,26,27). The van der Waals surface area contributed by atoms with E-state index in [1.807, 2.05) is 12.1 Å². The van der Waals surface area contributed by atoms with Gasteiger partial charge in [-0.25, -0.2) is 14.2 Å². The molecule has 0 aliphatic rings. The average molecular weight is 411 g/mol. The number of methoxy groups -OCH3 is 1. The van der Waals surface area contributed by atoms with Crippen molar-refractivity contribution in [1.82, 2.24) is 15.2 Å². The molecule has 8 heteroatoms. The zero-order chi connectivity index (χ0) is 20.5. The van der Waals surface area contributed by atoms with Gasteiger partial charge >= 0.3 is 5.97 Å². The fourth-order valence-electron chi connectivity index (χ4n) is 3.33. The highest BCUT2D eigenvalue weighted by molar-refractivity contribution is 7.18. The summed E-state index contributed by atoms with van der Waals surface area (Å²) >= 11 is 1.38. The van der Waals surface area contributed by atoms with E-state index in [1.165, 1.54) is 23.5 Å². The second kappa shape index (κ2) is 7.63. The first-order chi connectivity index (χ1) is 14.0. The van der Waals surface area contributed by atoms with Gasteiger partial charge in [-0.3, -0.25) is 5.10 Å². The normalized spacial score (nSPS) is 11.1. The minimum Gasteiger partial charge on any atom is -0.496 e. The predicted octanol–water partition coefficient (Wildman–Crippen LogP) is 5.15. The van der Waals surface area contributed by atoms with Crippen LogP contribution in [0.4, 0.5) is 4.39 Å². The van der Waals surface area contributed by atoms with Gasteiger partial charge in [0, 0.05) is 22.7 Å². The number of aromatic carboxylic acids is 1. The number of H-pyrrole nitrogens is 1. The Morgan fingerprint density at radius 1 is 1.31 bits per heavy atom. The minimum absolute atomic E-state index is 0.359. The predicted molar refractivity (Wildman–Crippen MR) is 110 cm³/mol. The first-order valence-electron chi connectivity index (χ1n) is 9.06. The highest BCUT2D eigenvalue weighted by Crippen LogP contribution is 2.37. The summed E-state index contributed by atoms with van der Waals surface area (Å²) in [5.41, 5.74) is 2.94. The van der Waals surface area contributed by atoms with E-state index in [0.29, 0.717) is 10.6 Å². The maximum atomic E-state index is 14.0. The van der Waals surface area contributed by atoms with Crippen molar-refractivity contribution in [2.75, 3.05) is 7.11 Å². The molecule has 6 nitrogen and oxygen atoms in total. The highest BCUT2D eigenvalue weighted by atomic mass is 32.1. The summed E-state index contributed by atoms with van der Waals surface area (Å²) in [6.07, 6.45) is 3.54. The van der Waals surface area contributed by atoms with E-state index in [9.17, 15) is 9.18 Å². The molecule has 2 aromatic carbocycles. The third-order valence-corrected chi connectivity index (χ3v) is 5.77. The van der Waals surface area contributed by atoms with Crippen LogP contribution >= 0.6 is 11.3 Å². The third-order valence-electron chi connectivity index (χ3n) is 4.71. The van der Waals surface area contributed by atoms with Crippen LogP contribution in [0, 0.1) is 5.82 Å². The average Bonchev–Trinajstić information content (AvgIpc) is 3.35. The second-order valence-electron chi connectivity index (χ2n) is 6.52. The Labute approximate surface area is 170 Å². The van der Waals surface area contributed by atoms with Crippen molar-refractivity contribution in [3.8, 4) is 26.9 Å². The zero-order valence-corrected chi connectivity index (χ0v) is 16.6. The number of nitrogens with zero attached hydrogens (tertiary/aromatic N) is 2. The van der Waals surface area contributed by atoms with Crippen molar-refractivity contribution in [1.29, 1.82) is 0 Å². The number of nitrogens with one attached hydrogen (secondary N) is 1. The molecule has 2 aromatic heterocycles. The Morgan fingerprint density at radius 2 is 2.14 bits per heavy atom. The molecule has 0 saturated heterocycles. The van der Waals surface area contributed by atoms with Crippen LogP contribution in [0.25, 0.3) is 32.0 Å². The van der Waals surface area contributed by atoms with E-state index >= 15 is 0 Å². The topological polar surface area (TPSA) is 88.1 Å². The molecule has 0 aliphatic carbocycles. The van der Waals surface area contributed by atoms with E-state index in [-0.39, 0.29) is 5.56 Å². The number of fused-ring (bicyclic) bond motifs is 1. The number of aromatic amines is 1. The van der Waals surface area contributed by atoms with Crippen LogP contribution in [0.5, 0.6) is 5.75 Å². The number of carboxylic acids is 1. The monoisotopic (exact) mass is 411 g/mol. The van der Waals surface area contributed by atoms with E-state index in [2.05, 4.69) is 22.1 Å². The zero-order valence-electron chi connectivity index (χ0n) is 15.8. The summed E-state index contributed by atoms with van der Waals surface area (Å²) < 4.78 is 19.5. The van der Waals surface area contributed by atoms with Gasteiger partial charge in [0.25, 0.3) is 0 Å². The number of halogens is 1. The molecule has 29 heavy (non-hydrogen) atoms. The molecule has 0 saturated carbocycles. The first kappa shape index (κ1) is 19.1. The van der Waals surface area contributed by atoms with Gasteiger partial charge in [0.05, 0.1) is 28.8 Å². The lowest BCUT2D eigenvalue weighted by molar-refractivity contribution is 0.0692. The first-order valence-corrected chi connectivity index (χ1v) is 9.88. The lowest BCUT2D eigenvalue weighted by atomic mass is 10.0. The Bertz CT molecular complexity index is 1220. The van der Waals surface area contributed by atoms with Gasteiger partial charge in [-0.15, -0.1) is 11.3 Å². The van der Waals surface area contributed by atoms with Crippen molar-refractivity contribution < 1.29 is 19.0 Å². The van der Waals surface area contributed by atoms with E-state index in [4.69, 9.17) is 9.84 Å². The number of ether oxygens (including phenoxy) is 1. The van der Waals surface area contributed by atoms with Gasteiger partial charge in [-0.2, -0.15) is 5.10 Å². The number of thiazole rings is 1. The number of aromatic nitrogens is 3. The molecule has 2 heterocycles. The lowest BCUT2D eigenvalue weighted by Crippen LogP contribution is -2.00. The summed E-state index contributed by atoms with van der Waals surface area (Å²) in [7, 11) is 1.65. The second-order valence-corrected chi connectivity index (χ2v) is 7.55. The molecule has 2 N–H and O–H groups in total. The molecule has 0 fully saturated rings. The SMILES string of the molecule is CCCc1c(OC)ccc2c(-c3cnc(-c4ccc(C(=O)O)c(F)c4)s3)[nH]nc12. The number of hydrogen-bond acceptors (Lipinski definition) is 5. The summed E-state index contributed by atoms with van der Waals surface area (Å²) in [6.45, 7) is 2.11. The maximum absolute atomic E-state index is 14.0. The highest BCUT2D eigenvalue weighted by Gasteiger charge is 2.18. The van der Waals surface area contributed by atoms with Crippen LogP contribution < -0.4 is 4.74 Å². The van der Waals surface area contributed by atoms with Crippen LogP contribution in [-0.4, -0.2) is 33.4 Å². The van der Waals surface area contributed by atoms with Crippen LogP contribution in [0.2, 0.25) is 0 Å². The molecule has 148 valence electrons. The Morgan fingerprint density at radius 3 is 2.83 bits per heavy atom. The number of carboxylic acid groups (broad SMARTS) is 1. The number of carbonyl (C=O) groups is 1. The van der Waals surface area contributed by atoms with E-state index in [1.54, 1.807) is 19.4 Å². The molecule has 0 atom stereocenters. The van der Waals surface area contributed by atoms with Crippen LogP contribution in [0.15, 0.2) is 36.5 Å². The fraction of sp³-hybridized carbons (Fsp3) is 0.190. The molecule has 0 spiro atoms. The smallest absolute Gasteiger partial charge is 0.338 e. The quantitative estimate of drug-likeness (QED) is 0.458. The molecular weight excluding hydrogens is 393 g/mol. The largest absolute Gasteiger partial charge is 0.496 e. The molecule has 0 bridgehead atoms. The molecule has 0 radical (unpaired) electrons. The van der Waals surface area contributed by atoms with Gasteiger partial charge in [0.1, 0.15) is 16.6 Å². The van der Waals surface area contributed by atoms with Crippen LogP contribution in [-0.2, 0) is 6.42 Å². The van der Waals surface area contributed by atoms with Crippen molar-refractivity contribution in [3.05, 3.63) is 53.5 Å². The van der Waals surface area contributed by atoms with Crippen molar-refractivity contribution in [2.45, 2.75) is 19.8 Å². The maximum Gasteiger partial charge on any atom is 0.338 e. The van der Waals surface area contributed by atoms with Gasteiger partial charge in [-0.05, 0) is 30.7 Å². The van der Waals surface area contributed by atoms with Crippen molar-refractivity contribution in [3.63, 3.8) is 0 Å². The Hall–Kier alpha value is -3.26. The Balaban J connectivity index is 1.75. The molecule has 4 rings (SSSR count). The fourth-order valence-corrected chi connectivity index (χ4v) is 4.26. The van der Waals surface area contributed by atoms with Crippen LogP contribution in [0.1, 0.15) is 29.3 Å². The van der Waals surface area contributed by atoms with Gasteiger partial charge in [-0.1, -0.05) is 19.4 Å². The number of benzene rings is 2. The summed E-state index contributed by atoms with van der Waals surface area (Å²) in [5.74, 6) is -1.26. The Kier molecular flexibility index (Phi) is 5.02. The van der Waals surface area contributed by atoms with Crippen LogP contribution in [0.3, 0.4) is 0 Å². The summed E-state index contributed by atoms with van der Waals surface area (Å²) in [4.78, 5) is 16.2. The molecule has 0 aliphatic heterocycles. The van der Waals surface area contributed by atoms with E-state index < -0.39 is 11.8 Å². The number of rotatable bonds is 6. The van der Waals surface area contributed by atoms with Gasteiger partial charge in [0.15, 0.2) is 0 Å². The molecule has 0 unspecified atom stereocenters. The molecular formula is C21H18FN3O3S. The summed E-state index contributed by atoms with van der Waals surface area (Å²) in [6, 6.07) is 7.91. The summed E-state index contributed by atoms with van der Waals surface area (Å²) in [5, 5.41) is 18.1. The third kappa shape index (κ3) is 3.36.